The molecule has 0 aromatic rings. The molecule has 0 spiro atoms. The summed E-state index contributed by atoms with van der Waals surface area (Å²) >= 11 is 0. The van der Waals surface area contributed by atoms with E-state index >= 15 is 0 Å². The average molecular weight is 281 g/mol. The number of rotatable bonds is 4. The first-order chi connectivity index (χ1) is 9.37. The minimum atomic E-state index is 0.276. The van der Waals surface area contributed by atoms with E-state index in [1.807, 2.05) is 0 Å². The molecule has 1 unspecified atom stereocenters. The number of hydrogen-bond donors (Lipinski definition) is 1. The van der Waals surface area contributed by atoms with Crippen molar-refractivity contribution < 1.29 is 0 Å². The molecule has 2 aliphatic rings. The molecule has 0 aromatic carbocycles. The Balaban J connectivity index is 1.84. The van der Waals surface area contributed by atoms with Gasteiger partial charge in [-0.15, -0.1) is 0 Å². The smallest absolute Gasteiger partial charge is 0.0252 e. The molecule has 2 fully saturated rings. The fraction of sp³-hybridized carbons (Fsp3) is 1.00. The lowest BCUT2D eigenvalue weighted by Crippen LogP contribution is -2.63. The zero-order valence-corrected chi connectivity index (χ0v) is 14.3. The van der Waals surface area contributed by atoms with Crippen LogP contribution in [-0.4, -0.2) is 61.2 Å². The van der Waals surface area contributed by atoms with Crippen molar-refractivity contribution in [1.29, 1.82) is 0 Å². The van der Waals surface area contributed by atoms with Gasteiger partial charge >= 0.3 is 0 Å². The van der Waals surface area contributed by atoms with Crippen molar-refractivity contribution >= 4 is 0 Å². The molecule has 118 valence electrons. The maximum Gasteiger partial charge on any atom is 0.0252 e. The summed E-state index contributed by atoms with van der Waals surface area (Å²) in [7, 11) is 2.25. The van der Waals surface area contributed by atoms with Crippen LogP contribution in [0.4, 0.5) is 0 Å². The van der Waals surface area contributed by atoms with E-state index in [4.69, 9.17) is 0 Å². The Labute approximate surface area is 126 Å². The summed E-state index contributed by atoms with van der Waals surface area (Å²) in [6, 6.07) is 0.717. The lowest BCUT2D eigenvalue weighted by molar-refractivity contribution is 0.0604. The molecule has 3 nitrogen and oxygen atoms in total. The molecule has 1 N–H and O–H groups in total. The van der Waals surface area contributed by atoms with Gasteiger partial charge in [-0.05, 0) is 71.6 Å². The largest absolute Gasteiger partial charge is 0.309 e. The van der Waals surface area contributed by atoms with Crippen molar-refractivity contribution in [2.75, 3.05) is 39.8 Å². The van der Waals surface area contributed by atoms with E-state index < -0.39 is 0 Å². The lowest BCUT2D eigenvalue weighted by Gasteiger charge is -2.47. The molecule has 0 aliphatic carbocycles. The second-order valence-electron chi connectivity index (χ2n) is 8.08. The van der Waals surface area contributed by atoms with Gasteiger partial charge in [0.2, 0.25) is 0 Å². The summed E-state index contributed by atoms with van der Waals surface area (Å²) in [4.78, 5) is 5.24. The van der Waals surface area contributed by atoms with Crippen LogP contribution >= 0.6 is 0 Å². The summed E-state index contributed by atoms with van der Waals surface area (Å²) in [5, 5.41) is 3.72. The Morgan fingerprint density at radius 2 is 1.85 bits per heavy atom. The zero-order chi connectivity index (χ0) is 14.8. The van der Waals surface area contributed by atoms with E-state index in [1.165, 1.54) is 45.4 Å². The van der Waals surface area contributed by atoms with Gasteiger partial charge in [0, 0.05) is 24.7 Å². The zero-order valence-electron chi connectivity index (χ0n) is 14.3. The van der Waals surface area contributed by atoms with Crippen LogP contribution in [0.1, 0.15) is 47.0 Å². The van der Waals surface area contributed by atoms with Gasteiger partial charge < -0.3 is 10.2 Å². The molecule has 2 heterocycles. The molecule has 3 heteroatoms. The van der Waals surface area contributed by atoms with Gasteiger partial charge in [-0.1, -0.05) is 13.8 Å². The number of piperidine rings is 1. The van der Waals surface area contributed by atoms with Gasteiger partial charge in [0.25, 0.3) is 0 Å². The van der Waals surface area contributed by atoms with Crippen LogP contribution in [0.3, 0.4) is 0 Å². The summed E-state index contributed by atoms with van der Waals surface area (Å²) in [5.41, 5.74) is 0.276. The molecule has 2 rings (SSSR count). The van der Waals surface area contributed by atoms with Gasteiger partial charge in [-0.2, -0.15) is 0 Å². The minimum absolute atomic E-state index is 0.276. The van der Waals surface area contributed by atoms with Crippen LogP contribution < -0.4 is 5.32 Å². The van der Waals surface area contributed by atoms with E-state index in [-0.39, 0.29) is 5.54 Å². The minimum Gasteiger partial charge on any atom is -0.309 e. The highest BCUT2D eigenvalue weighted by atomic mass is 15.2. The molecule has 20 heavy (non-hydrogen) atoms. The highest BCUT2D eigenvalue weighted by Crippen LogP contribution is 2.24. The first-order valence-corrected chi connectivity index (χ1v) is 8.55. The van der Waals surface area contributed by atoms with Crippen molar-refractivity contribution in [1.82, 2.24) is 15.1 Å². The number of nitrogens with one attached hydrogen (secondary N) is 1. The third-order valence-corrected chi connectivity index (χ3v) is 5.29. The number of nitrogens with zero attached hydrogens (tertiary/aromatic N) is 2. The summed E-state index contributed by atoms with van der Waals surface area (Å²) < 4.78 is 0. The molecular formula is C17H35N3. The number of hydrogen-bond acceptors (Lipinski definition) is 3. The molecule has 2 aliphatic heterocycles. The molecule has 0 aromatic heterocycles. The molecule has 0 amide bonds. The normalized spacial score (nSPS) is 30.0. The average Bonchev–Trinajstić information content (AvgIpc) is 2.36. The standard InChI is InChI=1S/C17H35N3/c1-14(2)16-12-18-17(3,4)13-20(16)11-8-15-6-9-19(5)10-7-15/h14-16,18H,6-13H2,1-5H3. The Hall–Kier alpha value is -0.120. The molecule has 2 saturated heterocycles. The van der Waals surface area contributed by atoms with Crippen molar-refractivity contribution in [3.05, 3.63) is 0 Å². The Kier molecular flexibility index (Phi) is 5.49. The monoisotopic (exact) mass is 281 g/mol. The van der Waals surface area contributed by atoms with Crippen LogP contribution in [0.5, 0.6) is 0 Å². The van der Waals surface area contributed by atoms with E-state index in [0.29, 0.717) is 6.04 Å². The maximum absolute atomic E-state index is 3.72. The van der Waals surface area contributed by atoms with Crippen molar-refractivity contribution in [3.8, 4) is 0 Å². The van der Waals surface area contributed by atoms with Crippen LogP contribution in [0.2, 0.25) is 0 Å². The van der Waals surface area contributed by atoms with E-state index in [2.05, 4.69) is 49.9 Å². The quantitative estimate of drug-likeness (QED) is 0.854. The SMILES string of the molecule is CC(C)C1CNC(C)(C)CN1CCC1CCN(C)CC1. The Morgan fingerprint density at radius 1 is 1.20 bits per heavy atom. The summed E-state index contributed by atoms with van der Waals surface area (Å²) in [6.07, 6.45) is 4.20. The van der Waals surface area contributed by atoms with Gasteiger partial charge in [-0.25, -0.2) is 0 Å². The third kappa shape index (κ3) is 4.44. The molecule has 0 saturated carbocycles. The first kappa shape index (κ1) is 16.3. The highest BCUT2D eigenvalue weighted by molar-refractivity contribution is 4.93. The van der Waals surface area contributed by atoms with Crippen LogP contribution in [0.25, 0.3) is 0 Å². The number of likely N-dealkylation sites (tertiary alicyclic amines) is 1. The third-order valence-electron chi connectivity index (χ3n) is 5.29. The van der Waals surface area contributed by atoms with Crippen molar-refractivity contribution in [2.24, 2.45) is 11.8 Å². The van der Waals surface area contributed by atoms with Gasteiger partial charge in [0.05, 0.1) is 0 Å². The Bertz CT molecular complexity index is 293. The molecule has 0 radical (unpaired) electrons. The predicted octanol–water partition coefficient (Wildman–Crippen LogP) is 2.43. The first-order valence-electron chi connectivity index (χ1n) is 8.55. The second kappa shape index (κ2) is 6.76. The number of piperazine rings is 1. The molecular weight excluding hydrogens is 246 g/mol. The molecule has 1 atom stereocenters. The van der Waals surface area contributed by atoms with Crippen LogP contribution in [-0.2, 0) is 0 Å². The van der Waals surface area contributed by atoms with Crippen LogP contribution in [0, 0.1) is 11.8 Å². The van der Waals surface area contributed by atoms with Gasteiger partial charge in [-0.3, -0.25) is 4.90 Å². The van der Waals surface area contributed by atoms with E-state index in [9.17, 15) is 0 Å². The van der Waals surface area contributed by atoms with Crippen molar-refractivity contribution in [3.63, 3.8) is 0 Å². The fourth-order valence-electron chi connectivity index (χ4n) is 3.79. The predicted molar refractivity (Wildman–Crippen MR) is 87.1 cm³/mol. The maximum atomic E-state index is 3.72. The fourth-order valence-corrected chi connectivity index (χ4v) is 3.79. The van der Waals surface area contributed by atoms with Crippen LogP contribution in [0.15, 0.2) is 0 Å². The highest BCUT2D eigenvalue weighted by Gasteiger charge is 2.34. The van der Waals surface area contributed by atoms with Crippen molar-refractivity contribution in [2.45, 2.75) is 58.5 Å². The Morgan fingerprint density at radius 3 is 2.45 bits per heavy atom. The van der Waals surface area contributed by atoms with Gasteiger partial charge in [0.15, 0.2) is 0 Å². The molecule has 0 bridgehead atoms. The lowest BCUT2D eigenvalue weighted by atomic mass is 9.90. The summed E-state index contributed by atoms with van der Waals surface area (Å²) in [5.74, 6) is 1.70. The van der Waals surface area contributed by atoms with E-state index in [1.54, 1.807) is 0 Å². The topological polar surface area (TPSA) is 18.5 Å². The van der Waals surface area contributed by atoms with Gasteiger partial charge in [0.1, 0.15) is 0 Å². The summed E-state index contributed by atoms with van der Waals surface area (Å²) in [6.45, 7) is 15.7. The second-order valence-corrected chi connectivity index (χ2v) is 8.08. The van der Waals surface area contributed by atoms with E-state index in [0.717, 1.165) is 18.4 Å².